The molecule has 0 atom stereocenters. The normalized spacial score (nSPS) is 14.8. The van der Waals surface area contributed by atoms with Gasteiger partial charge in [0, 0.05) is 17.2 Å². The van der Waals surface area contributed by atoms with Gasteiger partial charge in [0.15, 0.2) is 0 Å². The van der Waals surface area contributed by atoms with Crippen LogP contribution in [0, 0.1) is 12.3 Å². The van der Waals surface area contributed by atoms with Crippen molar-refractivity contribution in [3.8, 4) is 0 Å². The maximum Gasteiger partial charge on any atom is 0.242 e. The van der Waals surface area contributed by atoms with Crippen LogP contribution in [0.4, 0.5) is 11.4 Å². The Balaban J connectivity index is 1.78. The van der Waals surface area contributed by atoms with E-state index >= 15 is 0 Å². The third kappa shape index (κ3) is 3.08. The highest BCUT2D eigenvalue weighted by Crippen LogP contribution is 2.48. The minimum absolute atomic E-state index is 0.158. The predicted molar refractivity (Wildman–Crippen MR) is 99.0 cm³/mol. The van der Waals surface area contributed by atoms with Gasteiger partial charge in [-0.15, -0.1) is 0 Å². The second kappa shape index (κ2) is 6.40. The average Bonchev–Trinajstić information content (AvgIpc) is 3.38. The van der Waals surface area contributed by atoms with Gasteiger partial charge in [0.05, 0.1) is 5.69 Å². The molecule has 1 saturated carbocycles. The average molecular weight is 387 g/mol. The predicted octanol–water partition coefficient (Wildman–Crippen LogP) is 4.14. The number of nitrogens with one attached hydrogen (secondary N) is 1. The van der Waals surface area contributed by atoms with E-state index in [2.05, 4.69) is 21.2 Å². The van der Waals surface area contributed by atoms with Gasteiger partial charge < -0.3 is 10.2 Å². The van der Waals surface area contributed by atoms with Gasteiger partial charge in [0.2, 0.25) is 11.8 Å². The van der Waals surface area contributed by atoms with Crippen molar-refractivity contribution >= 4 is 39.1 Å². The number of rotatable bonds is 4. The van der Waals surface area contributed by atoms with E-state index in [1.165, 1.54) is 0 Å². The summed E-state index contributed by atoms with van der Waals surface area (Å²) in [4.78, 5) is 27.1. The van der Waals surface area contributed by atoms with E-state index in [-0.39, 0.29) is 11.8 Å². The van der Waals surface area contributed by atoms with E-state index in [9.17, 15) is 9.59 Å². The molecule has 1 aliphatic rings. The molecule has 3 rings (SSSR count). The Bertz CT molecular complexity index is 785. The lowest BCUT2D eigenvalue weighted by molar-refractivity contribution is -0.132. The van der Waals surface area contributed by atoms with Crippen LogP contribution in [-0.4, -0.2) is 18.9 Å². The van der Waals surface area contributed by atoms with Crippen molar-refractivity contribution in [2.75, 3.05) is 17.3 Å². The number of nitrogens with zero attached hydrogens (tertiary/aromatic N) is 1. The lowest BCUT2D eigenvalue weighted by Crippen LogP contribution is -2.41. The molecule has 1 aliphatic carbocycles. The van der Waals surface area contributed by atoms with Gasteiger partial charge >= 0.3 is 0 Å². The number of hydrogen-bond donors (Lipinski definition) is 1. The summed E-state index contributed by atoms with van der Waals surface area (Å²) in [6.07, 6.45) is 1.16. The van der Waals surface area contributed by atoms with Gasteiger partial charge in [0.25, 0.3) is 0 Å². The number of para-hydroxylation sites is 1. The van der Waals surface area contributed by atoms with E-state index in [0.717, 1.165) is 15.7 Å². The Morgan fingerprint density at radius 1 is 1.12 bits per heavy atom. The SMILES string of the molecule is Cc1ccc(NC(=O)C2(C(=O)N(C)c3ccccc3)CC2)c(Br)c1. The lowest BCUT2D eigenvalue weighted by atomic mass is 10.0. The Labute approximate surface area is 150 Å². The zero-order valence-corrected chi connectivity index (χ0v) is 15.3. The maximum atomic E-state index is 12.9. The van der Waals surface area contributed by atoms with Crippen LogP contribution in [0.2, 0.25) is 0 Å². The van der Waals surface area contributed by atoms with Crippen LogP contribution in [0.15, 0.2) is 53.0 Å². The fraction of sp³-hybridized carbons (Fsp3) is 0.263. The summed E-state index contributed by atoms with van der Waals surface area (Å²) in [6.45, 7) is 1.98. The van der Waals surface area contributed by atoms with Crippen LogP contribution in [0.25, 0.3) is 0 Å². The summed E-state index contributed by atoms with van der Waals surface area (Å²) in [7, 11) is 1.72. The first-order chi connectivity index (χ1) is 11.4. The number of hydrogen-bond acceptors (Lipinski definition) is 2. The van der Waals surface area contributed by atoms with Gasteiger partial charge in [0.1, 0.15) is 5.41 Å². The Kier molecular flexibility index (Phi) is 4.45. The van der Waals surface area contributed by atoms with Crippen molar-refractivity contribution in [1.29, 1.82) is 0 Å². The molecule has 0 unspecified atom stereocenters. The van der Waals surface area contributed by atoms with E-state index in [4.69, 9.17) is 0 Å². The van der Waals surface area contributed by atoms with Gasteiger partial charge in [-0.1, -0.05) is 24.3 Å². The highest BCUT2D eigenvalue weighted by molar-refractivity contribution is 9.10. The first kappa shape index (κ1) is 16.7. The molecule has 0 heterocycles. The van der Waals surface area contributed by atoms with Gasteiger partial charge in [-0.05, 0) is 65.5 Å². The molecule has 4 nitrogen and oxygen atoms in total. The smallest absolute Gasteiger partial charge is 0.242 e. The highest BCUT2D eigenvalue weighted by Gasteiger charge is 2.57. The number of aryl methyl sites for hydroxylation is 1. The number of carbonyl (C=O) groups excluding carboxylic acids is 2. The molecular formula is C19H19BrN2O2. The first-order valence-corrected chi connectivity index (χ1v) is 8.64. The molecule has 0 spiro atoms. The zero-order chi connectivity index (χ0) is 17.3. The van der Waals surface area contributed by atoms with Crippen molar-refractivity contribution in [2.24, 2.45) is 5.41 Å². The number of amides is 2. The molecule has 0 bridgehead atoms. The summed E-state index contributed by atoms with van der Waals surface area (Å²) < 4.78 is 0.815. The zero-order valence-electron chi connectivity index (χ0n) is 13.7. The van der Waals surface area contributed by atoms with Crippen molar-refractivity contribution in [3.63, 3.8) is 0 Å². The molecule has 124 valence electrons. The van der Waals surface area contributed by atoms with Crippen molar-refractivity contribution < 1.29 is 9.59 Å². The molecule has 1 N–H and O–H groups in total. The van der Waals surface area contributed by atoms with E-state index in [0.29, 0.717) is 18.5 Å². The number of carbonyl (C=O) groups is 2. The quantitative estimate of drug-likeness (QED) is 0.802. The molecule has 0 radical (unpaired) electrons. The fourth-order valence-electron chi connectivity index (χ4n) is 2.72. The van der Waals surface area contributed by atoms with E-state index in [1.807, 2.05) is 55.5 Å². The van der Waals surface area contributed by atoms with E-state index < -0.39 is 5.41 Å². The summed E-state index contributed by atoms with van der Waals surface area (Å²) in [5, 5.41) is 2.89. The highest BCUT2D eigenvalue weighted by atomic mass is 79.9. The van der Waals surface area contributed by atoms with Crippen molar-refractivity contribution in [2.45, 2.75) is 19.8 Å². The van der Waals surface area contributed by atoms with Crippen LogP contribution >= 0.6 is 15.9 Å². The molecular weight excluding hydrogens is 368 g/mol. The number of benzene rings is 2. The van der Waals surface area contributed by atoms with Crippen LogP contribution in [-0.2, 0) is 9.59 Å². The summed E-state index contributed by atoms with van der Waals surface area (Å²) in [6, 6.07) is 15.1. The molecule has 24 heavy (non-hydrogen) atoms. The molecule has 2 amide bonds. The minimum atomic E-state index is -0.949. The summed E-state index contributed by atoms with van der Waals surface area (Å²) in [5.74, 6) is -0.394. The second-order valence-electron chi connectivity index (χ2n) is 6.22. The van der Waals surface area contributed by atoms with Gasteiger partial charge in [-0.3, -0.25) is 9.59 Å². The number of halogens is 1. The molecule has 2 aromatic rings. The van der Waals surface area contributed by atoms with Gasteiger partial charge in [-0.25, -0.2) is 0 Å². The Hall–Kier alpha value is -2.14. The lowest BCUT2D eigenvalue weighted by Gasteiger charge is -2.23. The van der Waals surface area contributed by atoms with Crippen molar-refractivity contribution in [3.05, 3.63) is 58.6 Å². The maximum absolute atomic E-state index is 12.9. The molecule has 5 heteroatoms. The van der Waals surface area contributed by atoms with E-state index in [1.54, 1.807) is 11.9 Å². The Morgan fingerprint density at radius 2 is 1.79 bits per heavy atom. The largest absolute Gasteiger partial charge is 0.324 e. The first-order valence-electron chi connectivity index (χ1n) is 7.85. The third-order valence-corrected chi connectivity index (χ3v) is 5.07. The third-order valence-electron chi connectivity index (χ3n) is 4.41. The standard InChI is InChI=1S/C19H19BrN2O2/c1-13-8-9-16(15(20)12-13)21-17(23)19(10-11-19)18(24)22(2)14-6-4-3-5-7-14/h3-9,12H,10-11H2,1-2H3,(H,21,23). The molecule has 0 aromatic heterocycles. The van der Waals surface area contributed by atoms with Crippen LogP contribution < -0.4 is 10.2 Å². The number of anilines is 2. The van der Waals surface area contributed by atoms with Crippen molar-refractivity contribution in [1.82, 2.24) is 0 Å². The second-order valence-corrected chi connectivity index (χ2v) is 7.07. The van der Waals surface area contributed by atoms with Crippen LogP contribution in [0.1, 0.15) is 18.4 Å². The molecule has 2 aromatic carbocycles. The molecule has 1 fully saturated rings. The topological polar surface area (TPSA) is 49.4 Å². The molecule has 0 saturated heterocycles. The summed E-state index contributed by atoms with van der Waals surface area (Å²) in [5.41, 5.74) is 1.63. The summed E-state index contributed by atoms with van der Waals surface area (Å²) >= 11 is 3.46. The fourth-order valence-corrected chi connectivity index (χ4v) is 3.31. The van der Waals surface area contributed by atoms with Gasteiger partial charge in [-0.2, -0.15) is 0 Å². The van der Waals surface area contributed by atoms with Crippen LogP contribution in [0.3, 0.4) is 0 Å². The monoisotopic (exact) mass is 386 g/mol. The minimum Gasteiger partial charge on any atom is -0.324 e. The Morgan fingerprint density at radius 3 is 2.38 bits per heavy atom. The molecule has 0 aliphatic heterocycles. The van der Waals surface area contributed by atoms with Crippen LogP contribution in [0.5, 0.6) is 0 Å².